The zero-order valence-corrected chi connectivity index (χ0v) is 15.6. The highest BCUT2D eigenvalue weighted by molar-refractivity contribution is 5.89. The SMILES string of the molecule is CCOC1CC(N)(C(=O)N2C[C@@H](CN)[C@H](c3ccccc3)C2)C1(C)C. The lowest BCUT2D eigenvalue weighted by atomic mass is 9.54. The molecular formula is C20H31N3O2. The lowest BCUT2D eigenvalue weighted by Gasteiger charge is -2.58. The molecule has 2 fully saturated rings. The Balaban J connectivity index is 1.76. The predicted molar refractivity (Wildman–Crippen MR) is 99.0 cm³/mol. The zero-order valence-electron chi connectivity index (χ0n) is 15.6. The molecule has 0 aromatic heterocycles. The summed E-state index contributed by atoms with van der Waals surface area (Å²) in [6.45, 7) is 8.66. The first kappa shape index (κ1) is 18.4. The Labute approximate surface area is 150 Å². The summed E-state index contributed by atoms with van der Waals surface area (Å²) in [6, 6.07) is 10.3. The van der Waals surface area contributed by atoms with Crippen molar-refractivity contribution in [2.45, 2.75) is 44.8 Å². The first-order chi connectivity index (χ1) is 11.8. The molecule has 5 heteroatoms. The van der Waals surface area contributed by atoms with Gasteiger partial charge in [-0.3, -0.25) is 4.79 Å². The van der Waals surface area contributed by atoms with Crippen molar-refractivity contribution in [1.29, 1.82) is 0 Å². The van der Waals surface area contributed by atoms with Crippen molar-refractivity contribution in [3.05, 3.63) is 35.9 Å². The van der Waals surface area contributed by atoms with Crippen LogP contribution in [-0.2, 0) is 9.53 Å². The monoisotopic (exact) mass is 345 g/mol. The van der Waals surface area contributed by atoms with Crippen LogP contribution >= 0.6 is 0 Å². The molecule has 1 aliphatic heterocycles. The third-order valence-corrected chi connectivity index (χ3v) is 6.47. The van der Waals surface area contributed by atoms with Crippen LogP contribution in [0, 0.1) is 11.3 Å². The van der Waals surface area contributed by atoms with Crippen molar-refractivity contribution in [1.82, 2.24) is 4.90 Å². The van der Waals surface area contributed by atoms with E-state index in [0.29, 0.717) is 32.7 Å². The van der Waals surface area contributed by atoms with E-state index in [9.17, 15) is 4.79 Å². The van der Waals surface area contributed by atoms with E-state index in [4.69, 9.17) is 16.2 Å². The van der Waals surface area contributed by atoms with Gasteiger partial charge in [0.2, 0.25) is 5.91 Å². The highest BCUT2D eigenvalue weighted by Gasteiger charge is 2.64. The second-order valence-corrected chi connectivity index (χ2v) is 8.06. The maximum Gasteiger partial charge on any atom is 0.243 e. The molecule has 1 saturated carbocycles. The molecular weight excluding hydrogens is 314 g/mol. The molecule has 25 heavy (non-hydrogen) atoms. The Morgan fingerprint density at radius 2 is 1.96 bits per heavy atom. The van der Waals surface area contributed by atoms with Crippen molar-refractivity contribution >= 4 is 5.91 Å². The van der Waals surface area contributed by atoms with Gasteiger partial charge in [-0.05, 0) is 24.9 Å². The summed E-state index contributed by atoms with van der Waals surface area (Å²) < 4.78 is 5.76. The molecule has 2 unspecified atom stereocenters. The van der Waals surface area contributed by atoms with Gasteiger partial charge in [-0.2, -0.15) is 0 Å². The van der Waals surface area contributed by atoms with E-state index in [2.05, 4.69) is 12.1 Å². The molecule has 1 saturated heterocycles. The number of carbonyl (C=O) groups is 1. The number of hydrogen-bond acceptors (Lipinski definition) is 4. The molecule has 0 radical (unpaired) electrons. The van der Waals surface area contributed by atoms with Gasteiger partial charge in [-0.25, -0.2) is 0 Å². The van der Waals surface area contributed by atoms with Crippen molar-refractivity contribution in [3.63, 3.8) is 0 Å². The van der Waals surface area contributed by atoms with Gasteiger partial charge in [0, 0.05) is 37.5 Å². The number of nitrogens with two attached hydrogens (primary N) is 2. The minimum atomic E-state index is -0.850. The first-order valence-electron chi connectivity index (χ1n) is 9.30. The van der Waals surface area contributed by atoms with Gasteiger partial charge in [0.05, 0.1) is 6.10 Å². The van der Waals surface area contributed by atoms with Crippen molar-refractivity contribution in [3.8, 4) is 0 Å². The lowest BCUT2D eigenvalue weighted by molar-refractivity contribution is -0.178. The van der Waals surface area contributed by atoms with E-state index in [-0.39, 0.29) is 29.3 Å². The standard InChI is InChI=1S/C20H31N3O2/c1-4-25-17-10-20(22,19(17,2)3)18(24)23-12-15(11-21)16(13-23)14-8-6-5-7-9-14/h5-9,15-17H,4,10-13,21-22H2,1-3H3/t15-,16+,17?,20?/m1/s1. The summed E-state index contributed by atoms with van der Waals surface area (Å²) in [5.41, 5.74) is 12.6. The summed E-state index contributed by atoms with van der Waals surface area (Å²) in [6.07, 6.45) is 0.635. The van der Waals surface area contributed by atoms with Crippen LogP contribution in [0.1, 0.15) is 38.7 Å². The van der Waals surface area contributed by atoms with E-state index in [1.807, 2.05) is 43.9 Å². The number of likely N-dealkylation sites (tertiary alicyclic amines) is 1. The molecule has 3 rings (SSSR count). The molecule has 2 aliphatic rings. The van der Waals surface area contributed by atoms with Crippen LogP contribution in [0.25, 0.3) is 0 Å². The normalized spacial score (nSPS) is 34.0. The van der Waals surface area contributed by atoms with Gasteiger partial charge in [0.1, 0.15) is 5.54 Å². The van der Waals surface area contributed by atoms with E-state index < -0.39 is 5.54 Å². The van der Waals surface area contributed by atoms with E-state index in [1.54, 1.807) is 0 Å². The smallest absolute Gasteiger partial charge is 0.243 e. The van der Waals surface area contributed by atoms with Crippen molar-refractivity contribution < 1.29 is 9.53 Å². The predicted octanol–water partition coefficient (Wildman–Crippen LogP) is 1.72. The molecule has 0 spiro atoms. The van der Waals surface area contributed by atoms with Gasteiger partial charge in [0.25, 0.3) is 0 Å². The largest absolute Gasteiger partial charge is 0.378 e. The average Bonchev–Trinajstić information content (AvgIpc) is 3.05. The van der Waals surface area contributed by atoms with E-state index >= 15 is 0 Å². The van der Waals surface area contributed by atoms with Gasteiger partial charge in [-0.1, -0.05) is 44.2 Å². The molecule has 1 heterocycles. The van der Waals surface area contributed by atoms with Crippen LogP contribution < -0.4 is 11.5 Å². The summed E-state index contributed by atoms with van der Waals surface area (Å²) in [5.74, 6) is 0.607. The zero-order chi connectivity index (χ0) is 18.2. The molecule has 0 bridgehead atoms. The maximum absolute atomic E-state index is 13.3. The Hall–Kier alpha value is -1.43. The van der Waals surface area contributed by atoms with E-state index in [0.717, 1.165) is 0 Å². The Morgan fingerprint density at radius 1 is 1.28 bits per heavy atom. The third kappa shape index (κ3) is 2.88. The molecule has 1 amide bonds. The number of rotatable bonds is 5. The molecule has 1 aliphatic carbocycles. The van der Waals surface area contributed by atoms with Crippen LogP contribution in [0.3, 0.4) is 0 Å². The lowest BCUT2D eigenvalue weighted by Crippen LogP contribution is -2.75. The highest BCUT2D eigenvalue weighted by Crippen LogP contribution is 2.51. The number of nitrogens with zero attached hydrogens (tertiary/aromatic N) is 1. The average molecular weight is 345 g/mol. The second kappa shape index (κ2) is 6.71. The minimum absolute atomic E-state index is 0.0456. The highest BCUT2D eigenvalue weighted by atomic mass is 16.5. The van der Waals surface area contributed by atoms with Crippen molar-refractivity contribution in [2.24, 2.45) is 22.8 Å². The van der Waals surface area contributed by atoms with Gasteiger partial charge in [-0.15, -0.1) is 0 Å². The van der Waals surface area contributed by atoms with Crippen LogP contribution in [0.4, 0.5) is 0 Å². The van der Waals surface area contributed by atoms with Crippen LogP contribution in [0.2, 0.25) is 0 Å². The van der Waals surface area contributed by atoms with Gasteiger partial charge in [0.15, 0.2) is 0 Å². The van der Waals surface area contributed by atoms with Crippen LogP contribution in [0.5, 0.6) is 0 Å². The number of carbonyl (C=O) groups excluding carboxylic acids is 1. The number of ether oxygens (including phenoxy) is 1. The fraction of sp³-hybridized carbons (Fsp3) is 0.650. The molecule has 1 aromatic rings. The summed E-state index contributed by atoms with van der Waals surface area (Å²) in [5, 5.41) is 0. The van der Waals surface area contributed by atoms with Gasteiger partial charge >= 0.3 is 0 Å². The maximum atomic E-state index is 13.3. The fourth-order valence-electron chi connectivity index (χ4n) is 4.43. The Kier molecular flexibility index (Phi) is 4.93. The summed E-state index contributed by atoms with van der Waals surface area (Å²) in [7, 11) is 0. The van der Waals surface area contributed by atoms with E-state index in [1.165, 1.54) is 5.56 Å². The Morgan fingerprint density at radius 3 is 2.52 bits per heavy atom. The molecule has 4 N–H and O–H groups in total. The van der Waals surface area contributed by atoms with Crippen molar-refractivity contribution in [2.75, 3.05) is 26.2 Å². The summed E-state index contributed by atoms with van der Waals surface area (Å²) >= 11 is 0. The third-order valence-electron chi connectivity index (χ3n) is 6.47. The van der Waals surface area contributed by atoms with Crippen LogP contribution in [-0.4, -0.2) is 48.7 Å². The van der Waals surface area contributed by atoms with Gasteiger partial charge < -0.3 is 21.1 Å². The number of hydrogen-bond donors (Lipinski definition) is 2. The molecule has 1 aromatic carbocycles. The first-order valence-corrected chi connectivity index (χ1v) is 9.30. The summed E-state index contributed by atoms with van der Waals surface area (Å²) in [4.78, 5) is 15.2. The molecule has 4 atom stereocenters. The molecule has 5 nitrogen and oxygen atoms in total. The topological polar surface area (TPSA) is 81.6 Å². The Bertz CT molecular complexity index is 619. The quantitative estimate of drug-likeness (QED) is 0.851. The number of benzene rings is 1. The fourth-order valence-corrected chi connectivity index (χ4v) is 4.43. The second-order valence-electron chi connectivity index (χ2n) is 8.06. The van der Waals surface area contributed by atoms with Crippen LogP contribution in [0.15, 0.2) is 30.3 Å². The minimum Gasteiger partial charge on any atom is -0.378 e. The number of amides is 1. The molecule has 138 valence electrons.